The van der Waals surface area contributed by atoms with Gasteiger partial charge in [0, 0.05) is 35.3 Å². The number of nitrogens with one attached hydrogen (secondary N) is 1. The molecule has 0 aliphatic heterocycles. The van der Waals surface area contributed by atoms with Gasteiger partial charge in [-0.3, -0.25) is 14.9 Å². The molecule has 0 unspecified atom stereocenters. The first-order valence-electron chi connectivity index (χ1n) is 9.46. The Labute approximate surface area is 184 Å². The molecule has 8 heteroatoms. The van der Waals surface area contributed by atoms with E-state index in [1.54, 1.807) is 48.5 Å². The van der Waals surface area contributed by atoms with Crippen LogP contribution in [0, 0.1) is 21.4 Å². The quantitative estimate of drug-likeness (QED) is 0.228. The van der Waals surface area contributed by atoms with Crippen LogP contribution in [-0.2, 0) is 11.3 Å². The lowest BCUT2D eigenvalue weighted by atomic mass is 10.1. The zero-order valence-electron chi connectivity index (χ0n) is 17.0. The molecule has 0 aliphatic rings. The number of rotatable bonds is 6. The highest BCUT2D eigenvalue weighted by atomic mass is 35.5. The van der Waals surface area contributed by atoms with Crippen molar-refractivity contribution in [3.05, 3.63) is 92.7 Å². The molecular formula is C23H20ClN3O4. The number of carbonyl (C=O) groups is 1. The number of nitriles is 1. The molecule has 158 valence electrons. The van der Waals surface area contributed by atoms with Gasteiger partial charge < -0.3 is 9.73 Å². The minimum Gasteiger partial charge on any atom is -0.457 e. The van der Waals surface area contributed by atoms with Crippen LogP contribution in [0.1, 0.15) is 25.2 Å². The summed E-state index contributed by atoms with van der Waals surface area (Å²) in [7, 11) is 0. The molecule has 1 aromatic heterocycles. The molecule has 2 aromatic carbocycles. The van der Waals surface area contributed by atoms with E-state index in [1.807, 2.05) is 19.9 Å². The van der Waals surface area contributed by atoms with Crippen molar-refractivity contribution >= 4 is 29.3 Å². The first kappa shape index (κ1) is 23.4. The molecule has 0 fully saturated rings. The topological polar surface area (TPSA) is 109 Å². The number of hydrogen-bond acceptors (Lipinski definition) is 5. The molecule has 0 radical (unpaired) electrons. The van der Waals surface area contributed by atoms with Crippen molar-refractivity contribution in [3.63, 3.8) is 0 Å². The van der Waals surface area contributed by atoms with Gasteiger partial charge in [-0.2, -0.15) is 5.26 Å². The average molecular weight is 438 g/mol. The second-order valence-corrected chi connectivity index (χ2v) is 6.36. The first-order chi connectivity index (χ1) is 15.0. The Morgan fingerprint density at radius 3 is 2.61 bits per heavy atom. The van der Waals surface area contributed by atoms with Gasteiger partial charge in [0.15, 0.2) is 0 Å². The highest BCUT2D eigenvalue weighted by Crippen LogP contribution is 2.26. The molecule has 3 aromatic rings. The Morgan fingerprint density at radius 1 is 1.19 bits per heavy atom. The van der Waals surface area contributed by atoms with Crippen molar-refractivity contribution < 1.29 is 14.1 Å². The van der Waals surface area contributed by atoms with Gasteiger partial charge >= 0.3 is 0 Å². The molecule has 1 N–H and O–H groups in total. The predicted molar refractivity (Wildman–Crippen MR) is 119 cm³/mol. The van der Waals surface area contributed by atoms with Gasteiger partial charge in [0.25, 0.3) is 11.6 Å². The lowest BCUT2D eigenvalue weighted by Gasteiger charge is -2.05. The number of hydrogen-bond donors (Lipinski definition) is 1. The molecular weight excluding hydrogens is 418 g/mol. The minimum absolute atomic E-state index is 0.0624. The third-order valence-corrected chi connectivity index (χ3v) is 4.39. The van der Waals surface area contributed by atoms with Crippen molar-refractivity contribution in [3.8, 4) is 17.4 Å². The van der Waals surface area contributed by atoms with E-state index in [1.165, 1.54) is 18.2 Å². The first-order valence-corrected chi connectivity index (χ1v) is 9.84. The van der Waals surface area contributed by atoms with Crippen LogP contribution in [-0.4, -0.2) is 10.8 Å². The monoisotopic (exact) mass is 437 g/mol. The summed E-state index contributed by atoms with van der Waals surface area (Å²) >= 11 is 6.05. The van der Waals surface area contributed by atoms with Crippen LogP contribution in [0.2, 0.25) is 5.02 Å². The molecule has 0 saturated heterocycles. The van der Waals surface area contributed by atoms with Crippen LogP contribution in [0.4, 0.5) is 5.69 Å². The SMILES string of the molecule is CC.N#C/C(=C\c1ccc(-c2cccc([N+](=O)[O-])c2)o1)C(=O)NCc1ccccc1Cl. The summed E-state index contributed by atoms with van der Waals surface area (Å²) in [6.45, 7) is 4.18. The highest BCUT2D eigenvalue weighted by Gasteiger charge is 2.13. The number of carbonyl (C=O) groups excluding carboxylic acids is 1. The van der Waals surface area contributed by atoms with Crippen LogP contribution < -0.4 is 5.32 Å². The molecule has 1 heterocycles. The summed E-state index contributed by atoms with van der Waals surface area (Å²) in [5, 5.41) is 23.4. The Kier molecular flexibility index (Phi) is 8.55. The Morgan fingerprint density at radius 2 is 1.94 bits per heavy atom. The van der Waals surface area contributed by atoms with Gasteiger partial charge in [0.2, 0.25) is 0 Å². The van der Waals surface area contributed by atoms with Gasteiger partial charge in [0.1, 0.15) is 23.2 Å². The van der Waals surface area contributed by atoms with E-state index in [0.29, 0.717) is 16.3 Å². The lowest BCUT2D eigenvalue weighted by Crippen LogP contribution is -2.24. The minimum atomic E-state index is -0.569. The Balaban J connectivity index is 0.00000166. The van der Waals surface area contributed by atoms with Crippen molar-refractivity contribution in [1.82, 2.24) is 5.32 Å². The maximum Gasteiger partial charge on any atom is 0.270 e. The number of nitro groups is 1. The van der Waals surface area contributed by atoms with Gasteiger partial charge in [-0.05, 0) is 23.8 Å². The van der Waals surface area contributed by atoms with E-state index in [-0.39, 0.29) is 23.6 Å². The number of non-ortho nitro benzene ring substituents is 1. The summed E-state index contributed by atoms with van der Waals surface area (Å²) in [5.41, 5.74) is 1.04. The second-order valence-electron chi connectivity index (χ2n) is 5.95. The molecule has 31 heavy (non-hydrogen) atoms. The van der Waals surface area contributed by atoms with Crippen molar-refractivity contribution in [1.29, 1.82) is 5.26 Å². The van der Waals surface area contributed by atoms with Crippen LogP contribution >= 0.6 is 11.6 Å². The van der Waals surface area contributed by atoms with Gasteiger partial charge in [-0.15, -0.1) is 0 Å². The third-order valence-electron chi connectivity index (χ3n) is 4.02. The van der Waals surface area contributed by atoms with E-state index >= 15 is 0 Å². The van der Waals surface area contributed by atoms with E-state index in [2.05, 4.69) is 5.32 Å². The van der Waals surface area contributed by atoms with E-state index in [4.69, 9.17) is 16.0 Å². The smallest absolute Gasteiger partial charge is 0.270 e. The molecule has 0 saturated carbocycles. The molecule has 7 nitrogen and oxygen atoms in total. The van der Waals surface area contributed by atoms with Gasteiger partial charge in [0.05, 0.1) is 4.92 Å². The molecule has 0 bridgehead atoms. The summed E-state index contributed by atoms with van der Waals surface area (Å²) in [6.07, 6.45) is 1.31. The van der Waals surface area contributed by atoms with Crippen LogP contribution in [0.25, 0.3) is 17.4 Å². The van der Waals surface area contributed by atoms with E-state index in [9.17, 15) is 20.2 Å². The van der Waals surface area contributed by atoms with Gasteiger partial charge in [-0.1, -0.05) is 55.8 Å². The van der Waals surface area contributed by atoms with E-state index < -0.39 is 10.8 Å². The number of furan rings is 1. The molecule has 3 rings (SSSR count). The number of nitrogens with zero attached hydrogens (tertiary/aromatic N) is 2. The van der Waals surface area contributed by atoms with Crippen LogP contribution in [0.15, 0.2) is 70.7 Å². The summed E-state index contributed by atoms with van der Waals surface area (Å²) in [4.78, 5) is 22.7. The lowest BCUT2D eigenvalue weighted by molar-refractivity contribution is -0.384. The fourth-order valence-corrected chi connectivity index (χ4v) is 2.76. The normalized spacial score (nSPS) is 10.5. The second kappa shape index (κ2) is 11.3. The van der Waals surface area contributed by atoms with Crippen molar-refractivity contribution in [2.75, 3.05) is 0 Å². The van der Waals surface area contributed by atoms with Crippen LogP contribution in [0.3, 0.4) is 0 Å². The largest absolute Gasteiger partial charge is 0.457 e. The maximum atomic E-state index is 12.3. The maximum absolute atomic E-state index is 12.3. The number of nitro benzene ring substituents is 1. The average Bonchev–Trinajstić information content (AvgIpc) is 3.27. The van der Waals surface area contributed by atoms with Gasteiger partial charge in [-0.25, -0.2) is 0 Å². The number of amides is 1. The van der Waals surface area contributed by atoms with E-state index in [0.717, 1.165) is 5.56 Å². The Bertz CT molecular complexity index is 1150. The zero-order valence-corrected chi connectivity index (χ0v) is 17.7. The predicted octanol–water partition coefficient (Wildman–Crippen LogP) is 5.76. The summed E-state index contributed by atoms with van der Waals surface area (Å²) < 4.78 is 5.62. The molecule has 1 amide bonds. The fourth-order valence-electron chi connectivity index (χ4n) is 2.56. The van der Waals surface area contributed by atoms with Crippen LogP contribution in [0.5, 0.6) is 0 Å². The Hall–Kier alpha value is -3.89. The molecule has 0 spiro atoms. The number of halogens is 1. The summed E-state index contributed by atoms with van der Waals surface area (Å²) in [6, 6.07) is 18.1. The van der Waals surface area contributed by atoms with Crippen molar-refractivity contribution in [2.24, 2.45) is 0 Å². The standard InChI is InChI=1S/C21H14ClN3O4.C2H6/c22-19-7-2-1-4-15(19)13-24-21(26)16(12-23)11-18-8-9-20(29-18)14-5-3-6-17(10-14)25(27)28;1-2/h1-11H,13H2,(H,24,26);1-2H3/b16-11+;. The molecule has 0 aliphatic carbocycles. The fraction of sp³-hybridized carbons (Fsp3) is 0.130. The third kappa shape index (κ3) is 6.29. The molecule has 0 atom stereocenters. The summed E-state index contributed by atoms with van der Waals surface area (Å²) in [5.74, 6) is 0.0883. The zero-order chi connectivity index (χ0) is 22.8. The number of benzene rings is 2. The van der Waals surface area contributed by atoms with Crippen molar-refractivity contribution in [2.45, 2.75) is 20.4 Å². The highest BCUT2D eigenvalue weighted by molar-refractivity contribution is 6.31.